The molecule has 0 amide bonds. The van der Waals surface area contributed by atoms with Gasteiger partial charge in [0.1, 0.15) is 5.76 Å². The first-order chi connectivity index (χ1) is 14.1. The lowest BCUT2D eigenvalue weighted by atomic mass is 10.1. The number of nitrogens with zero attached hydrogens (tertiary/aromatic N) is 5. The second kappa shape index (κ2) is 8.34. The van der Waals surface area contributed by atoms with E-state index in [1.807, 2.05) is 32.0 Å². The Morgan fingerprint density at radius 2 is 1.97 bits per heavy atom. The van der Waals surface area contributed by atoms with Gasteiger partial charge in [-0.1, -0.05) is 5.16 Å². The molecule has 8 nitrogen and oxygen atoms in total. The van der Waals surface area contributed by atoms with Crippen LogP contribution in [-0.2, 0) is 17.8 Å². The van der Waals surface area contributed by atoms with Gasteiger partial charge in [0.05, 0.1) is 36.1 Å². The molecule has 0 atom stereocenters. The zero-order chi connectivity index (χ0) is 20.4. The minimum Gasteiger partial charge on any atom is -0.383 e. The second-order valence-corrected chi connectivity index (χ2v) is 7.50. The maximum atomic E-state index is 12.6. The molecule has 2 aromatic heterocycles. The third-order valence-electron chi connectivity index (χ3n) is 5.65. The third-order valence-corrected chi connectivity index (χ3v) is 5.65. The van der Waals surface area contributed by atoms with Gasteiger partial charge in [0.2, 0.25) is 0 Å². The highest BCUT2D eigenvalue weighted by molar-refractivity contribution is 5.81. The lowest BCUT2D eigenvalue weighted by molar-refractivity contribution is 0.186. The van der Waals surface area contributed by atoms with Gasteiger partial charge in [-0.3, -0.25) is 14.3 Å². The van der Waals surface area contributed by atoms with Crippen LogP contribution in [0.1, 0.15) is 17.0 Å². The fourth-order valence-corrected chi connectivity index (χ4v) is 3.81. The number of piperazine rings is 1. The van der Waals surface area contributed by atoms with Crippen LogP contribution in [0.3, 0.4) is 0 Å². The van der Waals surface area contributed by atoms with E-state index in [2.05, 4.69) is 19.9 Å². The fraction of sp³-hybridized carbons (Fsp3) is 0.476. The van der Waals surface area contributed by atoms with E-state index < -0.39 is 0 Å². The summed E-state index contributed by atoms with van der Waals surface area (Å²) in [7, 11) is 1.62. The molecule has 3 aromatic rings. The van der Waals surface area contributed by atoms with Crippen LogP contribution in [0, 0.1) is 13.8 Å². The first kappa shape index (κ1) is 19.6. The van der Waals surface area contributed by atoms with Crippen LogP contribution in [0.5, 0.6) is 0 Å². The van der Waals surface area contributed by atoms with Gasteiger partial charge in [0.15, 0.2) is 0 Å². The van der Waals surface area contributed by atoms with Crippen molar-refractivity contribution in [2.24, 2.45) is 0 Å². The minimum atomic E-state index is -0.0251. The number of aromatic nitrogens is 3. The van der Waals surface area contributed by atoms with Crippen molar-refractivity contribution in [2.75, 3.05) is 44.8 Å². The van der Waals surface area contributed by atoms with Gasteiger partial charge < -0.3 is 14.2 Å². The highest BCUT2D eigenvalue weighted by Gasteiger charge is 2.20. The predicted molar refractivity (Wildman–Crippen MR) is 111 cm³/mol. The second-order valence-electron chi connectivity index (χ2n) is 7.50. The van der Waals surface area contributed by atoms with E-state index >= 15 is 0 Å². The van der Waals surface area contributed by atoms with E-state index in [4.69, 9.17) is 9.26 Å². The van der Waals surface area contributed by atoms with Gasteiger partial charge in [-0.05, 0) is 32.0 Å². The molecular formula is C21H27N5O3. The van der Waals surface area contributed by atoms with Gasteiger partial charge >= 0.3 is 0 Å². The average molecular weight is 397 g/mol. The van der Waals surface area contributed by atoms with Crippen LogP contribution < -0.4 is 10.5 Å². The first-order valence-electron chi connectivity index (χ1n) is 9.94. The largest absolute Gasteiger partial charge is 0.383 e. The smallest absolute Gasteiger partial charge is 0.261 e. The molecule has 0 spiro atoms. The van der Waals surface area contributed by atoms with Gasteiger partial charge in [-0.25, -0.2) is 4.98 Å². The molecule has 0 aliphatic carbocycles. The van der Waals surface area contributed by atoms with Crippen LogP contribution >= 0.6 is 0 Å². The first-order valence-corrected chi connectivity index (χ1v) is 9.94. The molecule has 8 heteroatoms. The number of hydrogen-bond donors (Lipinski definition) is 0. The summed E-state index contributed by atoms with van der Waals surface area (Å²) in [5, 5.41) is 4.69. The molecule has 1 aromatic carbocycles. The standard InChI is InChI=1S/C21H27N5O3/c1-15-19(16(2)29-23-15)13-24-6-8-25(9-7-24)17-4-5-18-20(12-17)22-14-26(21(18)27)10-11-28-3/h4-5,12,14H,6-11,13H2,1-3H3. The summed E-state index contributed by atoms with van der Waals surface area (Å²) in [5.41, 5.74) is 3.98. The SMILES string of the molecule is COCCn1cnc2cc(N3CCN(Cc4c(C)noc4C)CC3)ccc2c1=O. The molecule has 1 aliphatic rings. The van der Waals surface area contributed by atoms with E-state index in [-0.39, 0.29) is 5.56 Å². The summed E-state index contributed by atoms with van der Waals surface area (Å²) in [5.74, 6) is 0.904. The number of methoxy groups -OCH3 is 1. The molecule has 1 aliphatic heterocycles. The normalized spacial score (nSPS) is 15.3. The number of aryl methyl sites for hydroxylation is 2. The van der Waals surface area contributed by atoms with E-state index in [1.165, 1.54) is 5.56 Å². The Morgan fingerprint density at radius 1 is 1.17 bits per heavy atom. The van der Waals surface area contributed by atoms with E-state index in [1.54, 1.807) is 18.0 Å². The summed E-state index contributed by atoms with van der Waals surface area (Å²) >= 11 is 0. The summed E-state index contributed by atoms with van der Waals surface area (Å²) in [6.45, 7) is 9.62. The number of anilines is 1. The fourth-order valence-electron chi connectivity index (χ4n) is 3.81. The molecule has 0 N–H and O–H groups in total. The summed E-state index contributed by atoms with van der Waals surface area (Å²) in [6, 6.07) is 5.93. The quantitative estimate of drug-likeness (QED) is 0.629. The van der Waals surface area contributed by atoms with Crippen molar-refractivity contribution in [2.45, 2.75) is 26.9 Å². The predicted octanol–water partition coefficient (Wildman–Crippen LogP) is 1.97. The van der Waals surface area contributed by atoms with Gasteiger partial charge in [-0.2, -0.15) is 0 Å². The lowest BCUT2D eigenvalue weighted by Crippen LogP contribution is -2.46. The van der Waals surface area contributed by atoms with Crippen LogP contribution in [0.15, 0.2) is 33.8 Å². The van der Waals surface area contributed by atoms with Crippen LogP contribution in [0.4, 0.5) is 5.69 Å². The summed E-state index contributed by atoms with van der Waals surface area (Å²) < 4.78 is 11.9. The number of hydrogen-bond acceptors (Lipinski definition) is 7. The Labute approximate surface area is 169 Å². The zero-order valence-corrected chi connectivity index (χ0v) is 17.2. The van der Waals surface area contributed by atoms with Gasteiger partial charge in [-0.15, -0.1) is 0 Å². The Balaban J connectivity index is 1.45. The Bertz CT molecular complexity index is 1030. The van der Waals surface area contributed by atoms with Gasteiger partial charge in [0, 0.05) is 51.1 Å². The third kappa shape index (κ3) is 4.04. The highest BCUT2D eigenvalue weighted by atomic mass is 16.5. The molecular weight excluding hydrogens is 370 g/mol. The highest BCUT2D eigenvalue weighted by Crippen LogP contribution is 2.22. The molecule has 0 unspecified atom stereocenters. The molecule has 0 saturated carbocycles. The molecule has 154 valence electrons. The van der Waals surface area contributed by atoms with Crippen molar-refractivity contribution >= 4 is 16.6 Å². The van der Waals surface area contributed by atoms with E-state index in [0.29, 0.717) is 18.5 Å². The van der Waals surface area contributed by atoms with E-state index in [0.717, 1.165) is 55.4 Å². The molecule has 3 heterocycles. The lowest BCUT2D eigenvalue weighted by Gasteiger charge is -2.36. The molecule has 4 rings (SSSR count). The van der Waals surface area contributed by atoms with Crippen molar-refractivity contribution in [3.8, 4) is 0 Å². The summed E-state index contributed by atoms with van der Waals surface area (Å²) in [6.07, 6.45) is 1.61. The van der Waals surface area contributed by atoms with Gasteiger partial charge in [0.25, 0.3) is 5.56 Å². The number of fused-ring (bicyclic) bond motifs is 1. The Morgan fingerprint density at radius 3 is 2.66 bits per heavy atom. The molecule has 29 heavy (non-hydrogen) atoms. The number of rotatable bonds is 6. The maximum Gasteiger partial charge on any atom is 0.261 e. The number of benzene rings is 1. The Hall–Kier alpha value is -2.71. The van der Waals surface area contributed by atoms with Crippen molar-refractivity contribution in [1.82, 2.24) is 19.6 Å². The topological polar surface area (TPSA) is 76.6 Å². The molecule has 1 saturated heterocycles. The molecule has 1 fully saturated rings. The van der Waals surface area contributed by atoms with Crippen molar-refractivity contribution < 1.29 is 9.26 Å². The zero-order valence-electron chi connectivity index (χ0n) is 17.2. The Kier molecular flexibility index (Phi) is 5.64. The summed E-state index contributed by atoms with van der Waals surface area (Å²) in [4.78, 5) is 21.9. The average Bonchev–Trinajstić information content (AvgIpc) is 3.06. The van der Waals surface area contributed by atoms with Crippen molar-refractivity contribution in [3.05, 3.63) is 51.9 Å². The van der Waals surface area contributed by atoms with Crippen molar-refractivity contribution in [3.63, 3.8) is 0 Å². The molecule has 0 radical (unpaired) electrons. The van der Waals surface area contributed by atoms with Crippen LogP contribution in [0.25, 0.3) is 10.9 Å². The van der Waals surface area contributed by atoms with Crippen LogP contribution in [0.2, 0.25) is 0 Å². The maximum absolute atomic E-state index is 12.6. The van der Waals surface area contributed by atoms with E-state index in [9.17, 15) is 4.79 Å². The van der Waals surface area contributed by atoms with Crippen molar-refractivity contribution in [1.29, 1.82) is 0 Å². The van der Waals surface area contributed by atoms with Crippen LogP contribution in [-0.4, -0.2) is 59.5 Å². The molecule has 0 bridgehead atoms. The number of ether oxygens (including phenoxy) is 1. The minimum absolute atomic E-state index is 0.0251. The monoisotopic (exact) mass is 397 g/mol.